The van der Waals surface area contributed by atoms with Crippen LogP contribution >= 0.6 is 0 Å². The molecular formula is C15H28N2O. The van der Waals surface area contributed by atoms with E-state index >= 15 is 0 Å². The van der Waals surface area contributed by atoms with Gasteiger partial charge in [-0.25, -0.2) is 0 Å². The van der Waals surface area contributed by atoms with Gasteiger partial charge in [0.05, 0.1) is 12.2 Å². The van der Waals surface area contributed by atoms with Gasteiger partial charge in [-0.05, 0) is 44.1 Å². The van der Waals surface area contributed by atoms with Crippen LogP contribution < -0.4 is 11.1 Å². The maximum absolute atomic E-state index is 5.86. The average molecular weight is 252 g/mol. The Bertz CT molecular complexity index is 284. The van der Waals surface area contributed by atoms with Crippen LogP contribution in [-0.2, 0) is 4.74 Å². The van der Waals surface area contributed by atoms with Gasteiger partial charge in [-0.1, -0.05) is 26.0 Å². The highest BCUT2D eigenvalue weighted by atomic mass is 16.5. The Morgan fingerprint density at radius 2 is 2.00 bits per heavy atom. The van der Waals surface area contributed by atoms with E-state index in [4.69, 9.17) is 10.5 Å². The minimum Gasteiger partial charge on any atom is -0.368 e. The predicted molar refractivity (Wildman–Crippen MR) is 75.4 cm³/mol. The first-order valence-corrected chi connectivity index (χ1v) is 7.36. The van der Waals surface area contributed by atoms with Gasteiger partial charge < -0.3 is 15.8 Å². The predicted octanol–water partition coefficient (Wildman–Crippen LogP) is 1.93. The molecule has 0 aromatic heterocycles. The third-order valence-electron chi connectivity index (χ3n) is 4.47. The molecule has 1 aliphatic carbocycles. The Hall–Kier alpha value is -0.380. The molecule has 1 heterocycles. The molecule has 3 N–H and O–H groups in total. The van der Waals surface area contributed by atoms with E-state index in [2.05, 4.69) is 31.3 Å². The summed E-state index contributed by atoms with van der Waals surface area (Å²) in [6.45, 7) is 8.76. The van der Waals surface area contributed by atoms with Crippen LogP contribution in [0.2, 0.25) is 0 Å². The molecule has 3 nitrogen and oxygen atoms in total. The van der Waals surface area contributed by atoms with Gasteiger partial charge in [0.1, 0.15) is 0 Å². The summed E-state index contributed by atoms with van der Waals surface area (Å²) in [5, 5.41) is 3.53. The second-order valence-electron chi connectivity index (χ2n) is 6.34. The molecule has 1 fully saturated rings. The monoisotopic (exact) mass is 252 g/mol. The third-order valence-corrected chi connectivity index (χ3v) is 4.47. The maximum atomic E-state index is 5.86. The van der Waals surface area contributed by atoms with Gasteiger partial charge >= 0.3 is 0 Å². The molecular weight excluding hydrogens is 224 g/mol. The minimum atomic E-state index is 0.0553. The van der Waals surface area contributed by atoms with Crippen LogP contribution in [0.25, 0.3) is 0 Å². The second kappa shape index (κ2) is 6.18. The van der Waals surface area contributed by atoms with Crippen molar-refractivity contribution in [2.24, 2.45) is 23.5 Å². The summed E-state index contributed by atoms with van der Waals surface area (Å²) in [5.41, 5.74) is 5.86. The molecule has 0 bridgehead atoms. The van der Waals surface area contributed by atoms with Crippen molar-refractivity contribution in [3.63, 3.8) is 0 Å². The number of nitrogens with one attached hydrogen (secondary N) is 1. The van der Waals surface area contributed by atoms with Gasteiger partial charge in [0.2, 0.25) is 0 Å². The molecule has 0 aromatic carbocycles. The zero-order valence-electron chi connectivity index (χ0n) is 11.9. The van der Waals surface area contributed by atoms with Crippen LogP contribution in [0.15, 0.2) is 12.2 Å². The highest BCUT2D eigenvalue weighted by molar-refractivity contribution is 5.04. The molecule has 0 amide bonds. The van der Waals surface area contributed by atoms with Crippen LogP contribution in [0.5, 0.6) is 0 Å². The van der Waals surface area contributed by atoms with Gasteiger partial charge in [-0.2, -0.15) is 0 Å². The van der Waals surface area contributed by atoms with E-state index in [0.717, 1.165) is 30.8 Å². The molecule has 104 valence electrons. The molecule has 3 unspecified atom stereocenters. The summed E-state index contributed by atoms with van der Waals surface area (Å²) < 4.78 is 5.82. The largest absolute Gasteiger partial charge is 0.368 e. The Labute approximate surface area is 111 Å². The zero-order chi connectivity index (χ0) is 13.1. The third kappa shape index (κ3) is 3.56. The normalized spacial score (nSPS) is 39.9. The smallest absolute Gasteiger partial charge is 0.0885 e. The van der Waals surface area contributed by atoms with Crippen molar-refractivity contribution >= 4 is 0 Å². The molecule has 0 saturated heterocycles. The van der Waals surface area contributed by atoms with E-state index in [1.165, 1.54) is 12.8 Å². The number of hydrogen-bond acceptors (Lipinski definition) is 3. The summed E-state index contributed by atoms with van der Waals surface area (Å²) in [5.74, 6) is 2.69. The lowest BCUT2D eigenvalue weighted by Gasteiger charge is -2.38. The van der Waals surface area contributed by atoms with Gasteiger partial charge in [0.25, 0.3) is 0 Å². The van der Waals surface area contributed by atoms with Crippen LogP contribution in [-0.4, -0.2) is 31.3 Å². The zero-order valence-corrected chi connectivity index (χ0v) is 11.9. The topological polar surface area (TPSA) is 47.3 Å². The SMILES string of the molecule is CC(C)C1CC(CNCC2C=CC(N)C(C)O2)C1. The van der Waals surface area contributed by atoms with E-state index in [1.54, 1.807) is 0 Å². The van der Waals surface area contributed by atoms with E-state index < -0.39 is 0 Å². The van der Waals surface area contributed by atoms with Crippen molar-refractivity contribution in [2.45, 2.75) is 51.9 Å². The van der Waals surface area contributed by atoms with Crippen molar-refractivity contribution in [3.8, 4) is 0 Å². The van der Waals surface area contributed by atoms with Gasteiger partial charge in [-0.3, -0.25) is 0 Å². The molecule has 0 aromatic rings. The molecule has 1 saturated carbocycles. The minimum absolute atomic E-state index is 0.0553. The Morgan fingerprint density at radius 1 is 1.28 bits per heavy atom. The Morgan fingerprint density at radius 3 is 2.61 bits per heavy atom. The molecule has 2 aliphatic rings. The van der Waals surface area contributed by atoms with Crippen LogP contribution in [0.1, 0.15) is 33.6 Å². The van der Waals surface area contributed by atoms with Crippen molar-refractivity contribution < 1.29 is 4.74 Å². The van der Waals surface area contributed by atoms with Crippen molar-refractivity contribution in [3.05, 3.63) is 12.2 Å². The molecule has 0 spiro atoms. The van der Waals surface area contributed by atoms with Crippen molar-refractivity contribution in [2.75, 3.05) is 13.1 Å². The second-order valence-corrected chi connectivity index (χ2v) is 6.34. The standard InChI is InChI=1S/C15H28N2O/c1-10(2)13-6-12(7-13)8-17-9-14-4-5-15(16)11(3)18-14/h4-5,10-15,17H,6-9,16H2,1-3H3. The lowest BCUT2D eigenvalue weighted by Crippen LogP contribution is -2.43. The highest BCUT2D eigenvalue weighted by Gasteiger charge is 2.30. The van der Waals surface area contributed by atoms with Gasteiger partial charge in [-0.15, -0.1) is 0 Å². The maximum Gasteiger partial charge on any atom is 0.0885 e. The molecule has 3 heteroatoms. The van der Waals surface area contributed by atoms with E-state index in [9.17, 15) is 0 Å². The summed E-state index contributed by atoms with van der Waals surface area (Å²) in [4.78, 5) is 0. The fraction of sp³-hybridized carbons (Fsp3) is 0.867. The number of rotatable bonds is 5. The van der Waals surface area contributed by atoms with E-state index in [1.807, 2.05) is 6.92 Å². The number of hydrogen-bond donors (Lipinski definition) is 2. The molecule has 3 atom stereocenters. The lowest BCUT2D eigenvalue weighted by molar-refractivity contribution is 0.00738. The fourth-order valence-electron chi connectivity index (χ4n) is 2.86. The Kier molecular flexibility index (Phi) is 4.82. The van der Waals surface area contributed by atoms with Crippen LogP contribution in [0, 0.1) is 17.8 Å². The van der Waals surface area contributed by atoms with E-state index in [-0.39, 0.29) is 18.2 Å². The summed E-state index contributed by atoms with van der Waals surface area (Å²) >= 11 is 0. The Balaban J connectivity index is 1.58. The summed E-state index contributed by atoms with van der Waals surface area (Å²) in [6, 6.07) is 0.0553. The molecule has 1 aliphatic heterocycles. The first kappa shape index (κ1) is 14.0. The van der Waals surface area contributed by atoms with E-state index in [0.29, 0.717) is 0 Å². The van der Waals surface area contributed by atoms with Crippen molar-refractivity contribution in [1.29, 1.82) is 0 Å². The average Bonchev–Trinajstić information content (AvgIpc) is 2.25. The molecule has 18 heavy (non-hydrogen) atoms. The van der Waals surface area contributed by atoms with Crippen LogP contribution in [0.3, 0.4) is 0 Å². The number of ether oxygens (including phenoxy) is 1. The summed E-state index contributed by atoms with van der Waals surface area (Å²) in [7, 11) is 0. The molecule has 2 rings (SSSR count). The highest BCUT2D eigenvalue weighted by Crippen LogP contribution is 2.38. The number of nitrogens with two attached hydrogens (primary N) is 1. The van der Waals surface area contributed by atoms with Gasteiger partial charge in [0.15, 0.2) is 0 Å². The van der Waals surface area contributed by atoms with Crippen LogP contribution in [0.4, 0.5) is 0 Å². The summed E-state index contributed by atoms with van der Waals surface area (Å²) in [6.07, 6.45) is 7.28. The lowest BCUT2D eigenvalue weighted by atomic mass is 9.69. The fourth-order valence-corrected chi connectivity index (χ4v) is 2.86. The van der Waals surface area contributed by atoms with Crippen molar-refractivity contribution in [1.82, 2.24) is 5.32 Å². The first-order chi connectivity index (χ1) is 8.56. The first-order valence-electron chi connectivity index (χ1n) is 7.36. The molecule has 0 radical (unpaired) electrons. The van der Waals surface area contributed by atoms with Gasteiger partial charge in [0, 0.05) is 12.6 Å². The quantitative estimate of drug-likeness (QED) is 0.735.